The summed E-state index contributed by atoms with van der Waals surface area (Å²) >= 11 is 0. The maximum Gasteiger partial charge on any atom is 0.0721 e. The Morgan fingerprint density at radius 1 is 1.12 bits per heavy atom. The van der Waals surface area contributed by atoms with E-state index < -0.39 is 0 Å². The van der Waals surface area contributed by atoms with E-state index in [0.717, 1.165) is 18.7 Å². The van der Waals surface area contributed by atoms with Crippen LogP contribution < -0.4 is 5.43 Å². The lowest BCUT2D eigenvalue weighted by molar-refractivity contribution is 0.0626. The summed E-state index contributed by atoms with van der Waals surface area (Å²) in [5.41, 5.74) is 4.60. The normalized spacial score (nSPS) is 21.1. The number of hydrazine groups is 1. The average Bonchev–Trinajstić information content (AvgIpc) is 2.38. The van der Waals surface area contributed by atoms with Gasteiger partial charge in [-0.1, -0.05) is 36.8 Å². The second kappa shape index (κ2) is 6.15. The van der Waals surface area contributed by atoms with E-state index in [1.807, 2.05) is 25.1 Å². The summed E-state index contributed by atoms with van der Waals surface area (Å²) in [4.78, 5) is 0. The summed E-state index contributed by atoms with van der Waals surface area (Å²) in [6.07, 6.45) is 3.42. The fourth-order valence-corrected chi connectivity index (χ4v) is 2.34. The third-order valence-corrected chi connectivity index (χ3v) is 3.32. The van der Waals surface area contributed by atoms with Crippen molar-refractivity contribution in [2.24, 2.45) is 0 Å². The molecule has 0 spiro atoms. The predicted octanol–water partition coefficient (Wildman–Crippen LogP) is 2.10. The highest BCUT2D eigenvalue weighted by atomic mass is 16.3. The van der Waals surface area contributed by atoms with Gasteiger partial charge in [0.05, 0.1) is 12.1 Å². The first-order valence-electron chi connectivity index (χ1n) is 6.51. The number of piperidine rings is 1. The fraction of sp³-hybridized carbons (Fsp3) is 0.571. The van der Waals surface area contributed by atoms with Crippen molar-refractivity contribution >= 4 is 0 Å². The predicted molar refractivity (Wildman–Crippen MR) is 69.4 cm³/mol. The molecule has 17 heavy (non-hydrogen) atoms. The highest BCUT2D eigenvalue weighted by Gasteiger charge is 2.20. The zero-order valence-electron chi connectivity index (χ0n) is 10.5. The second-order valence-electron chi connectivity index (χ2n) is 4.81. The molecule has 0 unspecified atom stereocenters. The summed E-state index contributed by atoms with van der Waals surface area (Å²) in [7, 11) is 0. The molecule has 2 rings (SSSR count). The summed E-state index contributed by atoms with van der Waals surface area (Å²) in [5.74, 6) is 0. The highest BCUT2D eigenvalue weighted by molar-refractivity contribution is 5.19. The van der Waals surface area contributed by atoms with Crippen LogP contribution in [0.1, 0.15) is 37.8 Å². The molecule has 2 N–H and O–H groups in total. The van der Waals surface area contributed by atoms with Crippen LogP contribution in [0.25, 0.3) is 0 Å². The number of aliphatic hydroxyl groups is 1. The second-order valence-corrected chi connectivity index (χ2v) is 4.81. The van der Waals surface area contributed by atoms with E-state index in [4.69, 9.17) is 0 Å². The van der Waals surface area contributed by atoms with Gasteiger partial charge in [-0.2, -0.15) is 0 Å². The Labute approximate surface area is 103 Å². The van der Waals surface area contributed by atoms with Gasteiger partial charge in [-0.15, -0.1) is 0 Å². The molecule has 0 amide bonds. The third-order valence-electron chi connectivity index (χ3n) is 3.32. The van der Waals surface area contributed by atoms with E-state index in [2.05, 4.69) is 22.6 Å². The van der Waals surface area contributed by atoms with Crippen molar-refractivity contribution < 1.29 is 5.11 Å². The Bertz CT molecular complexity index is 320. The third kappa shape index (κ3) is 3.53. The smallest absolute Gasteiger partial charge is 0.0721 e. The number of aliphatic hydroxyl groups excluding tert-OH is 1. The Kier molecular flexibility index (Phi) is 4.54. The molecule has 2 atom stereocenters. The number of rotatable bonds is 4. The molecule has 1 aromatic carbocycles. The van der Waals surface area contributed by atoms with Gasteiger partial charge in [0.2, 0.25) is 0 Å². The van der Waals surface area contributed by atoms with Crippen LogP contribution in [0.15, 0.2) is 30.3 Å². The minimum Gasteiger partial charge on any atom is -0.391 e. The molecule has 0 aliphatic carbocycles. The van der Waals surface area contributed by atoms with E-state index >= 15 is 0 Å². The molecule has 1 aromatic rings. The monoisotopic (exact) mass is 234 g/mol. The Hall–Kier alpha value is -0.900. The minimum absolute atomic E-state index is 0.00528. The Morgan fingerprint density at radius 2 is 1.76 bits per heavy atom. The highest BCUT2D eigenvalue weighted by Crippen LogP contribution is 2.18. The Morgan fingerprint density at radius 3 is 2.35 bits per heavy atom. The quantitative estimate of drug-likeness (QED) is 0.837. The largest absolute Gasteiger partial charge is 0.391 e. The summed E-state index contributed by atoms with van der Waals surface area (Å²) in [6, 6.07) is 10.2. The lowest BCUT2D eigenvalue weighted by Crippen LogP contribution is -2.46. The van der Waals surface area contributed by atoms with Crippen molar-refractivity contribution in [3.63, 3.8) is 0 Å². The molecule has 0 aromatic heterocycles. The van der Waals surface area contributed by atoms with E-state index in [-0.39, 0.29) is 12.1 Å². The summed E-state index contributed by atoms with van der Waals surface area (Å²) in [6.45, 7) is 4.00. The Balaban J connectivity index is 2.02. The molecule has 1 heterocycles. The van der Waals surface area contributed by atoms with Crippen LogP contribution in [-0.4, -0.2) is 29.3 Å². The van der Waals surface area contributed by atoms with E-state index in [1.54, 1.807) is 0 Å². The van der Waals surface area contributed by atoms with Crippen LogP contribution >= 0.6 is 0 Å². The van der Waals surface area contributed by atoms with E-state index in [9.17, 15) is 5.11 Å². The SMILES string of the molecule is C[C@@H](O)[C@H](NN1CCCCC1)c1ccccc1. The minimum atomic E-state index is -0.390. The van der Waals surface area contributed by atoms with Crippen molar-refractivity contribution in [2.45, 2.75) is 38.3 Å². The van der Waals surface area contributed by atoms with E-state index in [1.165, 1.54) is 19.3 Å². The van der Waals surface area contributed by atoms with Crippen molar-refractivity contribution in [1.29, 1.82) is 0 Å². The zero-order chi connectivity index (χ0) is 12.1. The van der Waals surface area contributed by atoms with Crippen LogP contribution in [0.3, 0.4) is 0 Å². The molecule has 1 aliphatic rings. The molecular weight excluding hydrogens is 212 g/mol. The fourth-order valence-electron chi connectivity index (χ4n) is 2.34. The molecule has 94 valence electrons. The van der Waals surface area contributed by atoms with Crippen molar-refractivity contribution in [2.75, 3.05) is 13.1 Å². The van der Waals surface area contributed by atoms with Crippen LogP contribution in [0.2, 0.25) is 0 Å². The van der Waals surface area contributed by atoms with Gasteiger partial charge < -0.3 is 5.11 Å². The maximum atomic E-state index is 9.91. The molecule has 0 saturated carbocycles. The molecule has 1 saturated heterocycles. The average molecular weight is 234 g/mol. The molecule has 3 heteroatoms. The van der Waals surface area contributed by atoms with Gasteiger partial charge in [-0.25, -0.2) is 10.4 Å². The number of hydrogen-bond donors (Lipinski definition) is 2. The van der Waals surface area contributed by atoms with Crippen LogP contribution in [0.5, 0.6) is 0 Å². The van der Waals surface area contributed by atoms with Crippen molar-refractivity contribution in [1.82, 2.24) is 10.4 Å². The standard InChI is InChI=1S/C14H22N2O/c1-12(17)14(13-8-4-2-5-9-13)15-16-10-6-3-7-11-16/h2,4-5,8-9,12,14-15,17H,3,6-7,10-11H2,1H3/t12-,14+/m1/s1. The molecule has 1 aliphatic heterocycles. The summed E-state index contributed by atoms with van der Waals surface area (Å²) < 4.78 is 0. The van der Waals surface area contributed by atoms with Crippen LogP contribution in [0.4, 0.5) is 0 Å². The lowest BCUT2D eigenvalue weighted by Gasteiger charge is -2.33. The number of nitrogens with zero attached hydrogens (tertiary/aromatic N) is 1. The lowest BCUT2D eigenvalue weighted by atomic mass is 10.0. The van der Waals surface area contributed by atoms with Crippen molar-refractivity contribution in [3.8, 4) is 0 Å². The van der Waals surface area contributed by atoms with Crippen LogP contribution in [0, 0.1) is 0 Å². The topological polar surface area (TPSA) is 35.5 Å². The first-order valence-corrected chi connectivity index (χ1v) is 6.51. The van der Waals surface area contributed by atoms with Gasteiger partial charge in [-0.3, -0.25) is 0 Å². The van der Waals surface area contributed by atoms with Gasteiger partial charge in [0.15, 0.2) is 0 Å². The zero-order valence-corrected chi connectivity index (χ0v) is 10.5. The molecule has 1 fully saturated rings. The molecule has 3 nitrogen and oxygen atoms in total. The molecule has 0 bridgehead atoms. The first kappa shape index (κ1) is 12.6. The van der Waals surface area contributed by atoms with Crippen LogP contribution in [-0.2, 0) is 0 Å². The molecule has 0 radical (unpaired) electrons. The van der Waals surface area contributed by atoms with Crippen molar-refractivity contribution in [3.05, 3.63) is 35.9 Å². The maximum absolute atomic E-state index is 9.91. The number of benzene rings is 1. The number of hydrogen-bond acceptors (Lipinski definition) is 3. The van der Waals surface area contributed by atoms with Gasteiger partial charge in [0, 0.05) is 13.1 Å². The number of nitrogens with one attached hydrogen (secondary N) is 1. The van der Waals surface area contributed by atoms with Gasteiger partial charge >= 0.3 is 0 Å². The van der Waals surface area contributed by atoms with Gasteiger partial charge in [0.25, 0.3) is 0 Å². The first-order chi connectivity index (χ1) is 8.27. The summed E-state index contributed by atoms with van der Waals surface area (Å²) in [5, 5.41) is 12.2. The van der Waals surface area contributed by atoms with Gasteiger partial charge in [0.1, 0.15) is 0 Å². The van der Waals surface area contributed by atoms with Gasteiger partial charge in [-0.05, 0) is 25.3 Å². The van der Waals surface area contributed by atoms with E-state index in [0.29, 0.717) is 0 Å². The molecular formula is C14H22N2O.